The molecule has 2 rings (SSSR count). The number of hydrogen-bond donors (Lipinski definition) is 3. The van der Waals surface area contributed by atoms with Crippen LogP contribution in [0.4, 0.5) is 4.79 Å². The van der Waals surface area contributed by atoms with Crippen molar-refractivity contribution in [3.63, 3.8) is 0 Å². The SMILES string of the molecule is CC(O)(CNC(=O)N1CCN(C2CCCC2)CC1)C(=O)O. The second-order valence-electron chi connectivity index (χ2n) is 6.20. The lowest BCUT2D eigenvalue weighted by Crippen LogP contribution is -2.56. The maximum absolute atomic E-state index is 12.0. The summed E-state index contributed by atoms with van der Waals surface area (Å²) in [6.07, 6.45) is 5.12. The van der Waals surface area contributed by atoms with Crippen LogP contribution in [0, 0.1) is 0 Å². The molecule has 1 aliphatic heterocycles. The summed E-state index contributed by atoms with van der Waals surface area (Å²) in [6, 6.07) is 0.366. The van der Waals surface area contributed by atoms with Gasteiger partial charge in [-0.1, -0.05) is 12.8 Å². The van der Waals surface area contributed by atoms with Gasteiger partial charge in [0.2, 0.25) is 0 Å². The van der Waals surface area contributed by atoms with Crippen LogP contribution in [0.1, 0.15) is 32.6 Å². The summed E-state index contributed by atoms with van der Waals surface area (Å²) in [4.78, 5) is 26.9. The van der Waals surface area contributed by atoms with E-state index in [0.717, 1.165) is 13.1 Å². The predicted molar refractivity (Wildman–Crippen MR) is 77.1 cm³/mol. The van der Waals surface area contributed by atoms with Gasteiger partial charge in [0.15, 0.2) is 5.60 Å². The van der Waals surface area contributed by atoms with Crippen molar-refractivity contribution in [3.05, 3.63) is 0 Å². The third kappa shape index (κ3) is 4.07. The van der Waals surface area contributed by atoms with Crippen molar-refractivity contribution in [3.8, 4) is 0 Å². The van der Waals surface area contributed by atoms with E-state index >= 15 is 0 Å². The topological polar surface area (TPSA) is 93.1 Å². The lowest BCUT2D eigenvalue weighted by molar-refractivity contribution is -0.155. The number of carbonyl (C=O) groups excluding carboxylic acids is 1. The summed E-state index contributed by atoms with van der Waals surface area (Å²) >= 11 is 0. The van der Waals surface area contributed by atoms with Gasteiger partial charge in [-0.3, -0.25) is 4.90 Å². The van der Waals surface area contributed by atoms with Crippen LogP contribution in [0.3, 0.4) is 0 Å². The molecule has 2 amide bonds. The molecule has 0 aromatic heterocycles. The van der Waals surface area contributed by atoms with Crippen LogP contribution >= 0.6 is 0 Å². The molecule has 1 saturated heterocycles. The van der Waals surface area contributed by atoms with Gasteiger partial charge in [-0.15, -0.1) is 0 Å². The van der Waals surface area contributed by atoms with Gasteiger partial charge in [0.05, 0.1) is 6.54 Å². The first kappa shape index (κ1) is 16.0. The van der Waals surface area contributed by atoms with Crippen molar-refractivity contribution in [2.45, 2.75) is 44.2 Å². The Bertz CT molecular complexity index is 386. The number of carboxylic acid groups (broad SMARTS) is 1. The molecule has 1 heterocycles. The molecule has 7 nitrogen and oxygen atoms in total. The van der Waals surface area contributed by atoms with Crippen molar-refractivity contribution in [2.75, 3.05) is 32.7 Å². The number of carbonyl (C=O) groups is 2. The molecule has 3 N–H and O–H groups in total. The Labute approximate surface area is 124 Å². The fourth-order valence-electron chi connectivity index (χ4n) is 2.99. The van der Waals surface area contributed by atoms with E-state index in [1.54, 1.807) is 4.90 Å². The van der Waals surface area contributed by atoms with Crippen LogP contribution in [0.2, 0.25) is 0 Å². The van der Waals surface area contributed by atoms with E-state index in [0.29, 0.717) is 19.1 Å². The standard InChI is InChI=1S/C14H25N3O4/c1-14(21,12(18)19)10-15-13(20)17-8-6-16(7-9-17)11-4-2-3-5-11/h11,21H,2-10H2,1H3,(H,15,20)(H,18,19). The molecule has 2 fully saturated rings. The molecular formula is C14H25N3O4. The maximum atomic E-state index is 12.0. The van der Waals surface area contributed by atoms with Crippen molar-refractivity contribution >= 4 is 12.0 Å². The summed E-state index contributed by atoms with van der Waals surface area (Å²) in [6.45, 7) is 3.92. The van der Waals surface area contributed by atoms with Gasteiger partial charge in [-0.25, -0.2) is 9.59 Å². The number of aliphatic carboxylic acids is 1. The van der Waals surface area contributed by atoms with Gasteiger partial charge in [-0.05, 0) is 19.8 Å². The number of carboxylic acids is 1. The Hall–Kier alpha value is -1.34. The lowest BCUT2D eigenvalue weighted by Gasteiger charge is -2.38. The van der Waals surface area contributed by atoms with E-state index < -0.39 is 11.6 Å². The molecule has 0 aromatic carbocycles. The predicted octanol–water partition coefficient (Wildman–Crippen LogP) is 0.0918. The normalized spacial score (nSPS) is 23.8. The molecule has 1 saturated carbocycles. The van der Waals surface area contributed by atoms with Crippen LogP contribution < -0.4 is 5.32 Å². The molecule has 7 heteroatoms. The van der Waals surface area contributed by atoms with Crippen LogP contribution in [-0.4, -0.2) is 76.4 Å². The van der Waals surface area contributed by atoms with Crippen molar-refractivity contribution in [1.29, 1.82) is 0 Å². The second-order valence-corrected chi connectivity index (χ2v) is 6.20. The highest BCUT2D eigenvalue weighted by atomic mass is 16.4. The minimum Gasteiger partial charge on any atom is -0.479 e. The van der Waals surface area contributed by atoms with E-state index in [4.69, 9.17) is 5.11 Å². The molecule has 0 bridgehead atoms. The van der Waals surface area contributed by atoms with Crippen molar-refractivity contribution in [2.24, 2.45) is 0 Å². The van der Waals surface area contributed by atoms with Crippen LogP contribution in [-0.2, 0) is 4.79 Å². The van der Waals surface area contributed by atoms with Crippen LogP contribution in [0.25, 0.3) is 0 Å². The van der Waals surface area contributed by atoms with Crippen LogP contribution in [0.5, 0.6) is 0 Å². The average molecular weight is 299 g/mol. The highest BCUT2D eigenvalue weighted by Crippen LogP contribution is 2.24. The molecule has 1 unspecified atom stereocenters. The maximum Gasteiger partial charge on any atom is 0.337 e. The van der Waals surface area contributed by atoms with Crippen molar-refractivity contribution < 1.29 is 19.8 Å². The number of nitrogens with zero attached hydrogens (tertiary/aromatic N) is 2. The first-order valence-corrected chi connectivity index (χ1v) is 7.63. The van der Waals surface area contributed by atoms with Gasteiger partial charge < -0.3 is 20.4 Å². The van der Waals surface area contributed by atoms with Crippen molar-refractivity contribution in [1.82, 2.24) is 15.1 Å². The summed E-state index contributed by atoms with van der Waals surface area (Å²) in [5.41, 5.74) is -1.93. The molecular weight excluding hydrogens is 274 g/mol. The second kappa shape index (κ2) is 6.62. The molecule has 2 aliphatic rings. The number of aliphatic hydroxyl groups is 1. The fourth-order valence-corrected chi connectivity index (χ4v) is 2.99. The molecule has 0 aromatic rings. The Balaban J connectivity index is 1.74. The number of rotatable bonds is 4. The summed E-state index contributed by atoms with van der Waals surface area (Å²) in [5, 5.41) is 20.9. The van der Waals surface area contributed by atoms with E-state index in [1.807, 2.05) is 0 Å². The number of hydrogen-bond acceptors (Lipinski definition) is 4. The average Bonchev–Trinajstić information content (AvgIpc) is 2.99. The Morgan fingerprint density at radius 2 is 1.76 bits per heavy atom. The monoisotopic (exact) mass is 299 g/mol. The van der Waals surface area contributed by atoms with Gasteiger partial charge in [0, 0.05) is 32.2 Å². The van der Waals surface area contributed by atoms with Gasteiger partial charge in [-0.2, -0.15) is 0 Å². The largest absolute Gasteiger partial charge is 0.479 e. The third-order valence-electron chi connectivity index (χ3n) is 4.49. The first-order valence-electron chi connectivity index (χ1n) is 7.63. The zero-order valence-corrected chi connectivity index (χ0v) is 12.5. The minimum atomic E-state index is -1.93. The van der Waals surface area contributed by atoms with E-state index in [-0.39, 0.29) is 12.6 Å². The van der Waals surface area contributed by atoms with E-state index in [9.17, 15) is 14.7 Å². The molecule has 0 radical (unpaired) electrons. The summed E-state index contributed by atoms with van der Waals surface area (Å²) in [5.74, 6) is -1.34. The quantitative estimate of drug-likeness (QED) is 0.684. The number of amides is 2. The van der Waals surface area contributed by atoms with Crippen LogP contribution in [0.15, 0.2) is 0 Å². The van der Waals surface area contributed by atoms with Gasteiger partial charge in [0.1, 0.15) is 0 Å². The summed E-state index contributed by atoms with van der Waals surface area (Å²) < 4.78 is 0. The molecule has 21 heavy (non-hydrogen) atoms. The Kier molecular flexibility index (Phi) is 5.05. The molecule has 120 valence electrons. The van der Waals surface area contributed by atoms with E-state index in [1.165, 1.54) is 32.6 Å². The molecule has 1 atom stereocenters. The third-order valence-corrected chi connectivity index (χ3v) is 4.49. The highest BCUT2D eigenvalue weighted by Gasteiger charge is 2.32. The lowest BCUT2D eigenvalue weighted by atomic mass is 10.1. The first-order chi connectivity index (χ1) is 9.90. The number of piperazine rings is 1. The van der Waals surface area contributed by atoms with E-state index in [2.05, 4.69) is 10.2 Å². The Morgan fingerprint density at radius 3 is 2.29 bits per heavy atom. The minimum absolute atomic E-state index is 0.288. The number of nitrogens with one attached hydrogen (secondary N) is 1. The fraction of sp³-hybridized carbons (Fsp3) is 0.857. The van der Waals surface area contributed by atoms with Gasteiger partial charge in [0.25, 0.3) is 0 Å². The summed E-state index contributed by atoms with van der Waals surface area (Å²) in [7, 11) is 0. The van der Waals surface area contributed by atoms with Gasteiger partial charge >= 0.3 is 12.0 Å². The molecule has 0 spiro atoms. The Morgan fingerprint density at radius 1 is 1.19 bits per heavy atom. The highest BCUT2D eigenvalue weighted by molar-refractivity contribution is 5.79. The molecule has 1 aliphatic carbocycles. The smallest absolute Gasteiger partial charge is 0.337 e. The zero-order valence-electron chi connectivity index (χ0n) is 12.5. The number of urea groups is 1. The zero-order chi connectivity index (χ0) is 15.5.